The lowest BCUT2D eigenvalue weighted by molar-refractivity contribution is 0.408. The highest BCUT2D eigenvalue weighted by Crippen LogP contribution is 2.43. The third-order valence-electron chi connectivity index (χ3n) is 4.49. The van der Waals surface area contributed by atoms with E-state index >= 15 is 0 Å². The summed E-state index contributed by atoms with van der Waals surface area (Å²) in [4.78, 5) is 0. The molecule has 0 bridgehead atoms. The van der Waals surface area contributed by atoms with Gasteiger partial charge < -0.3 is 9.73 Å². The second-order valence-electron chi connectivity index (χ2n) is 5.77. The summed E-state index contributed by atoms with van der Waals surface area (Å²) in [5, 5.41) is 3.82. The first kappa shape index (κ1) is 11.3. The van der Waals surface area contributed by atoms with Crippen LogP contribution >= 0.6 is 0 Å². The van der Waals surface area contributed by atoms with Crippen LogP contribution in [0.5, 0.6) is 0 Å². The molecule has 1 N–H and O–H groups in total. The van der Waals surface area contributed by atoms with Crippen molar-refractivity contribution < 1.29 is 4.42 Å². The maximum absolute atomic E-state index is 5.56. The molecule has 2 heteroatoms. The van der Waals surface area contributed by atoms with Crippen molar-refractivity contribution in [3.8, 4) is 0 Å². The SMILES string of the molecule is c1ccc(C2CC2NC2CCCc3occc32)cc1. The highest BCUT2D eigenvalue weighted by molar-refractivity contribution is 5.30. The monoisotopic (exact) mass is 253 g/mol. The van der Waals surface area contributed by atoms with Crippen LogP contribution in [0.4, 0.5) is 0 Å². The van der Waals surface area contributed by atoms with Gasteiger partial charge in [-0.15, -0.1) is 0 Å². The fourth-order valence-electron chi connectivity index (χ4n) is 3.37. The summed E-state index contributed by atoms with van der Waals surface area (Å²) in [5.74, 6) is 1.90. The molecule has 2 aromatic rings. The predicted molar refractivity (Wildman–Crippen MR) is 75.1 cm³/mol. The molecule has 0 saturated heterocycles. The fraction of sp³-hybridized carbons (Fsp3) is 0.412. The molecule has 98 valence electrons. The third kappa shape index (κ3) is 2.10. The number of nitrogens with one attached hydrogen (secondary N) is 1. The van der Waals surface area contributed by atoms with E-state index in [4.69, 9.17) is 4.42 Å². The van der Waals surface area contributed by atoms with Crippen LogP contribution in [0, 0.1) is 0 Å². The number of rotatable bonds is 3. The highest BCUT2D eigenvalue weighted by atomic mass is 16.3. The molecule has 3 unspecified atom stereocenters. The van der Waals surface area contributed by atoms with Crippen LogP contribution in [0.2, 0.25) is 0 Å². The molecule has 0 amide bonds. The average Bonchev–Trinajstić information content (AvgIpc) is 3.05. The van der Waals surface area contributed by atoms with Gasteiger partial charge >= 0.3 is 0 Å². The molecule has 0 radical (unpaired) electrons. The van der Waals surface area contributed by atoms with Gasteiger partial charge in [0.25, 0.3) is 0 Å². The van der Waals surface area contributed by atoms with Crippen LogP contribution in [-0.2, 0) is 6.42 Å². The number of hydrogen-bond donors (Lipinski definition) is 1. The zero-order valence-corrected chi connectivity index (χ0v) is 11.0. The molecule has 0 spiro atoms. The summed E-state index contributed by atoms with van der Waals surface area (Å²) in [5.41, 5.74) is 2.87. The Morgan fingerprint density at radius 3 is 2.89 bits per heavy atom. The van der Waals surface area contributed by atoms with Crippen molar-refractivity contribution in [1.29, 1.82) is 0 Å². The van der Waals surface area contributed by atoms with E-state index in [1.807, 2.05) is 6.26 Å². The number of furan rings is 1. The van der Waals surface area contributed by atoms with Crippen molar-refractivity contribution in [2.45, 2.75) is 43.7 Å². The first-order chi connectivity index (χ1) is 9.42. The van der Waals surface area contributed by atoms with Gasteiger partial charge in [0.1, 0.15) is 5.76 Å². The zero-order valence-electron chi connectivity index (χ0n) is 11.0. The summed E-state index contributed by atoms with van der Waals surface area (Å²) in [7, 11) is 0. The minimum absolute atomic E-state index is 0.501. The highest BCUT2D eigenvalue weighted by Gasteiger charge is 2.40. The normalized spacial score (nSPS) is 28.9. The van der Waals surface area contributed by atoms with Gasteiger partial charge in [-0.2, -0.15) is 0 Å². The minimum atomic E-state index is 0.501. The Hall–Kier alpha value is -1.54. The molecule has 2 aliphatic carbocycles. The van der Waals surface area contributed by atoms with Crippen molar-refractivity contribution in [3.63, 3.8) is 0 Å². The molecular weight excluding hydrogens is 234 g/mol. The third-order valence-corrected chi connectivity index (χ3v) is 4.49. The van der Waals surface area contributed by atoms with Crippen LogP contribution in [0.1, 0.15) is 48.1 Å². The van der Waals surface area contributed by atoms with E-state index < -0.39 is 0 Å². The second-order valence-corrected chi connectivity index (χ2v) is 5.77. The maximum Gasteiger partial charge on any atom is 0.108 e. The van der Waals surface area contributed by atoms with Crippen LogP contribution < -0.4 is 5.32 Å². The molecule has 3 atom stereocenters. The predicted octanol–water partition coefficient (Wildman–Crippen LogP) is 3.80. The van der Waals surface area contributed by atoms with Crippen molar-refractivity contribution in [2.24, 2.45) is 0 Å². The lowest BCUT2D eigenvalue weighted by atomic mass is 9.93. The van der Waals surface area contributed by atoms with Gasteiger partial charge in [0.15, 0.2) is 0 Å². The molecule has 4 rings (SSSR count). The number of aryl methyl sites for hydroxylation is 1. The Bertz CT molecular complexity index is 560. The Balaban J connectivity index is 1.45. The summed E-state index contributed by atoms with van der Waals surface area (Å²) in [6, 6.07) is 14.2. The van der Waals surface area contributed by atoms with Crippen molar-refractivity contribution in [2.75, 3.05) is 0 Å². The topological polar surface area (TPSA) is 25.2 Å². The maximum atomic E-state index is 5.56. The Morgan fingerprint density at radius 2 is 2.00 bits per heavy atom. The lowest BCUT2D eigenvalue weighted by Crippen LogP contribution is -2.27. The van der Waals surface area contributed by atoms with Crippen molar-refractivity contribution in [1.82, 2.24) is 5.32 Å². The molecule has 2 nitrogen and oxygen atoms in total. The molecule has 19 heavy (non-hydrogen) atoms. The van der Waals surface area contributed by atoms with Gasteiger partial charge in [0, 0.05) is 30.0 Å². The summed E-state index contributed by atoms with van der Waals surface area (Å²) >= 11 is 0. The van der Waals surface area contributed by atoms with Crippen LogP contribution in [0.25, 0.3) is 0 Å². The smallest absolute Gasteiger partial charge is 0.108 e. The zero-order chi connectivity index (χ0) is 12.7. The van der Waals surface area contributed by atoms with Crippen molar-refractivity contribution >= 4 is 0 Å². The van der Waals surface area contributed by atoms with E-state index in [2.05, 4.69) is 41.7 Å². The van der Waals surface area contributed by atoms with E-state index in [0.29, 0.717) is 18.0 Å². The first-order valence-electron chi connectivity index (χ1n) is 7.29. The second kappa shape index (κ2) is 4.53. The molecule has 1 fully saturated rings. The molecule has 0 aliphatic heterocycles. The molecule has 1 heterocycles. The summed E-state index contributed by atoms with van der Waals surface area (Å²) in [6.45, 7) is 0. The first-order valence-corrected chi connectivity index (χ1v) is 7.29. The fourth-order valence-corrected chi connectivity index (χ4v) is 3.37. The van der Waals surface area contributed by atoms with E-state index in [1.165, 1.54) is 36.1 Å². The van der Waals surface area contributed by atoms with Gasteiger partial charge in [0.2, 0.25) is 0 Å². The van der Waals surface area contributed by atoms with Gasteiger partial charge in [-0.25, -0.2) is 0 Å². The van der Waals surface area contributed by atoms with E-state index in [-0.39, 0.29) is 0 Å². The standard InChI is InChI=1S/C17H19NO/c1-2-5-12(6-3-1)14-11-16(14)18-15-7-4-8-17-13(15)9-10-19-17/h1-3,5-6,9-10,14-16,18H,4,7-8,11H2. The largest absolute Gasteiger partial charge is 0.469 e. The van der Waals surface area contributed by atoms with Gasteiger partial charge in [-0.1, -0.05) is 30.3 Å². The number of fused-ring (bicyclic) bond motifs is 1. The minimum Gasteiger partial charge on any atom is -0.469 e. The van der Waals surface area contributed by atoms with E-state index in [1.54, 1.807) is 0 Å². The van der Waals surface area contributed by atoms with Gasteiger partial charge in [-0.3, -0.25) is 0 Å². The van der Waals surface area contributed by atoms with E-state index in [9.17, 15) is 0 Å². The van der Waals surface area contributed by atoms with Crippen LogP contribution in [0.3, 0.4) is 0 Å². The number of hydrogen-bond acceptors (Lipinski definition) is 2. The molecule has 1 saturated carbocycles. The number of benzene rings is 1. The molecule has 2 aliphatic rings. The Morgan fingerprint density at radius 1 is 1.11 bits per heavy atom. The van der Waals surface area contributed by atoms with E-state index in [0.717, 1.165) is 6.42 Å². The summed E-state index contributed by atoms with van der Waals surface area (Å²) < 4.78 is 5.56. The Kier molecular flexibility index (Phi) is 2.70. The van der Waals surface area contributed by atoms with Crippen LogP contribution in [0.15, 0.2) is 47.1 Å². The quantitative estimate of drug-likeness (QED) is 0.900. The van der Waals surface area contributed by atoms with Gasteiger partial charge in [-0.05, 0) is 30.9 Å². The van der Waals surface area contributed by atoms with Gasteiger partial charge in [0.05, 0.1) is 6.26 Å². The van der Waals surface area contributed by atoms with Crippen LogP contribution in [-0.4, -0.2) is 6.04 Å². The molecule has 1 aromatic carbocycles. The Labute approximate surface area is 113 Å². The molecular formula is C17H19NO. The summed E-state index contributed by atoms with van der Waals surface area (Å²) in [6.07, 6.45) is 6.69. The van der Waals surface area contributed by atoms with Crippen molar-refractivity contribution in [3.05, 3.63) is 59.5 Å². The average molecular weight is 253 g/mol. The molecule has 1 aromatic heterocycles. The lowest BCUT2D eigenvalue weighted by Gasteiger charge is -2.23.